The van der Waals surface area contributed by atoms with Gasteiger partial charge in [0.25, 0.3) is 5.91 Å². The number of halogens is 1. The summed E-state index contributed by atoms with van der Waals surface area (Å²) in [4.78, 5) is 16.2. The van der Waals surface area contributed by atoms with Gasteiger partial charge < -0.3 is 10.7 Å². The lowest BCUT2D eigenvalue weighted by molar-refractivity contribution is 0.0951. The molecular formula is C14H12BrN5O. The molecule has 2 aromatic rings. The second kappa shape index (κ2) is 6.83. The third kappa shape index (κ3) is 3.78. The van der Waals surface area contributed by atoms with E-state index < -0.39 is 0 Å². The fourth-order valence-corrected chi connectivity index (χ4v) is 2.03. The molecule has 0 aliphatic carbocycles. The monoisotopic (exact) mass is 345 g/mol. The van der Waals surface area contributed by atoms with Crippen LogP contribution in [-0.2, 0) is 6.54 Å². The van der Waals surface area contributed by atoms with Gasteiger partial charge in [0.05, 0.1) is 17.2 Å². The molecule has 106 valence electrons. The number of aromatic nitrogens is 1. The van der Waals surface area contributed by atoms with E-state index in [9.17, 15) is 4.79 Å². The molecule has 2 rings (SSSR count). The molecule has 0 saturated carbocycles. The van der Waals surface area contributed by atoms with Crippen molar-refractivity contribution in [1.82, 2.24) is 10.3 Å². The van der Waals surface area contributed by atoms with Gasteiger partial charge in [-0.2, -0.15) is 5.26 Å². The summed E-state index contributed by atoms with van der Waals surface area (Å²) < 4.78 is 0.685. The van der Waals surface area contributed by atoms with E-state index in [1.807, 2.05) is 6.07 Å². The number of hydrazine groups is 1. The fraction of sp³-hybridized carbons (Fsp3) is 0.0714. The van der Waals surface area contributed by atoms with E-state index in [0.717, 1.165) is 5.56 Å². The van der Waals surface area contributed by atoms with E-state index in [1.165, 1.54) is 0 Å². The van der Waals surface area contributed by atoms with Crippen LogP contribution < -0.4 is 16.6 Å². The first-order valence-corrected chi connectivity index (χ1v) is 6.82. The minimum Gasteiger partial charge on any atom is -0.348 e. The predicted octanol–water partition coefficient (Wildman–Crippen LogP) is 1.93. The van der Waals surface area contributed by atoms with Gasteiger partial charge in [0.1, 0.15) is 0 Å². The fourth-order valence-electron chi connectivity index (χ4n) is 1.70. The molecule has 1 heterocycles. The van der Waals surface area contributed by atoms with Crippen LogP contribution in [0.1, 0.15) is 21.5 Å². The van der Waals surface area contributed by atoms with E-state index in [2.05, 4.69) is 31.7 Å². The topological polar surface area (TPSA) is 104 Å². The molecule has 0 bridgehead atoms. The van der Waals surface area contributed by atoms with Crippen molar-refractivity contribution in [1.29, 1.82) is 5.26 Å². The second-order valence-corrected chi connectivity index (χ2v) is 5.10. The van der Waals surface area contributed by atoms with Crippen LogP contribution >= 0.6 is 15.9 Å². The van der Waals surface area contributed by atoms with Crippen LogP contribution in [0, 0.1) is 11.3 Å². The van der Waals surface area contributed by atoms with Crippen LogP contribution in [-0.4, -0.2) is 10.9 Å². The van der Waals surface area contributed by atoms with Gasteiger partial charge in [-0.1, -0.05) is 12.1 Å². The molecule has 0 radical (unpaired) electrons. The van der Waals surface area contributed by atoms with Crippen molar-refractivity contribution in [2.75, 3.05) is 5.43 Å². The van der Waals surface area contributed by atoms with Gasteiger partial charge in [-0.3, -0.25) is 4.79 Å². The Morgan fingerprint density at radius 3 is 2.71 bits per heavy atom. The maximum atomic E-state index is 12.2. The average molecular weight is 346 g/mol. The number of nitrogens with two attached hydrogens (primary N) is 1. The molecule has 0 atom stereocenters. The summed E-state index contributed by atoms with van der Waals surface area (Å²) in [6.07, 6.45) is 1.55. The van der Waals surface area contributed by atoms with Crippen LogP contribution in [0.15, 0.2) is 41.0 Å². The Morgan fingerprint density at radius 2 is 2.10 bits per heavy atom. The Bertz CT molecular complexity index is 694. The minimum absolute atomic E-state index is 0.291. The van der Waals surface area contributed by atoms with Gasteiger partial charge in [-0.25, -0.2) is 10.8 Å². The molecule has 4 N–H and O–H groups in total. The zero-order chi connectivity index (χ0) is 15.2. The second-order valence-electron chi connectivity index (χ2n) is 4.19. The first-order chi connectivity index (χ1) is 10.1. The highest BCUT2D eigenvalue weighted by Crippen LogP contribution is 2.17. The molecular weight excluding hydrogens is 334 g/mol. The molecule has 0 aliphatic rings. The van der Waals surface area contributed by atoms with E-state index in [0.29, 0.717) is 28.0 Å². The number of rotatable bonds is 4. The molecule has 0 aliphatic heterocycles. The lowest BCUT2D eigenvalue weighted by atomic mass is 10.1. The highest BCUT2D eigenvalue weighted by atomic mass is 79.9. The summed E-state index contributed by atoms with van der Waals surface area (Å²) in [6.45, 7) is 0.348. The summed E-state index contributed by atoms with van der Waals surface area (Å²) in [5.41, 5.74) is 4.21. The van der Waals surface area contributed by atoms with Gasteiger partial charge in [-0.15, -0.1) is 0 Å². The first-order valence-electron chi connectivity index (χ1n) is 6.03. The average Bonchev–Trinajstić information content (AvgIpc) is 2.53. The summed E-state index contributed by atoms with van der Waals surface area (Å²) in [7, 11) is 0. The van der Waals surface area contributed by atoms with Gasteiger partial charge in [0.2, 0.25) is 0 Å². The molecule has 0 spiro atoms. The van der Waals surface area contributed by atoms with Crippen molar-refractivity contribution in [3.8, 4) is 6.07 Å². The number of hydrogen-bond acceptors (Lipinski definition) is 5. The van der Waals surface area contributed by atoms with Crippen molar-refractivity contribution < 1.29 is 4.79 Å². The van der Waals surface area contributed by atoms with Crippen LogP contribution in [0.3, 0.4) is 0 Å². The van der Waals surface area contributed by atoms with Gasteiger partial charge in [0.15, 0.2) is 5.82 Å². The van der Waals surface area contributed by atoms with E-state index in [-0.39, 0.29) is 5.91 Å². The summed E-state index contributed by atoms with van der Waals surface area (Å²) in [5, 5.41) is 11.5. The molecule has 0 saturated heterocycles. The molecule has 1 amide bonds. The molecule has 6 nitrogen and oxygen atoms in total. The molecule has 0 fully saturated rings. The van der Waals surface area contributed by atoms with Gasteiger partial charge in [-0.05, 0) is 39.7 Å². The van der Waals surface area contributed by atoms with Crippen molar-refractivity contribution >= 4 is 27.7 Å². The Morgan fingerprint density at radius 1 is 1.38 bits per heavy atom. The SMILES string of the molecule is N#Cc1ccc(CNC(=O)c2cc(Br)cnc2NN)cc1. The van der Waals surface area contributed by atoms with Crippen LogP contribution in [0.25, 0.3) is 0 Å². The minimum atomic E-state index is -0.291. The first kappa shape index (κ1) is 15.0. The predicted molar refractivity (Wildman–Crippen MR) is 82.1 cm³/mol. The zero-order valence-electron chi connectivity index (χ0n) is 10.9. The van der Waals surface area contributed by atoms with Crippen molar-refractivity contribution in [3.63, 3.8) is 0 Å². The number of carbonyl (C=O) groups excluding carboxylic acids is 1. The maximum Gasteiger partial charge on any atom is 0.255 e. The third-order valence-corrected chi connectivity index (χ3v) is 3.21. The number of nitrogens with zero attached hydrogens (tertiary/aromatic N) is 2. The zero-order valence-corrected chi connectivity index (χ0v) is 12.5. The van der Waals surface area contributed by atoms with Gasteiger partial charge >= 0.3 is 0 Å². The smallest absolute Gasteiger partial charge is 0.255 e. The van der Waals surface area contributed by atoms with Gasteiger partial charge in [0, 0.05) is 17.2 Å². The Kier molecular flexibility index (Phi) is 4.87. The largest absolute Gasteiger partial charge is 0.348 e. The number of carbonyl (C=O) groups is 1. The van der Waals surface area contributed by atoms with E-state index in [4.69, 9.17) is 11.1 Å². The summed E-state index contributed by atoms with van der Waals surface area (Å²) >= 11 is 3.26. The molecule has 21 heavy (non-hydrogen) atoms. The number of benzene rings is 1. The number of hydrogen-bond donors (Lipinski definition) is 3. The third-order valence-electron chi connectivity index (χ3n) is 2.77. The summed E-state index contributed by atoms with van der Waals surface area (Å²) in [5.74, 6) is 5.35. The Hall–Kier alpha value is -2.43. The molecule has 1 aromatic carbocycles. The standard InChI is InChI=1S/C14H12BrN5O/c15-11-5-12(13(20-17)18-8-11)14(21)19-7-10-3-1-9(6-16)2-4-10/h1-5,8H,7,17H2,(H,18,20)(H,19,21). The molecule has 0 unspecified atom stereocenters. The number of nitrogen functional groups attached to an aromatic ring is 1. The highest BCUT2D eigenvalue weighted by molar-refractivity contribution is 9.10. The number of pyridine rings is 1. The van der Waals surface area contributed by atoms with Crippen molar-refractivity contribution in [3.05, 3.63) is 57.7 Å². The Labute approximate surface area is 130 Å². The summed E-state index contributed by atoms with van der Waals surface area (Å²) in [6, 6.07) is 10.7. The normalized spacial score (nSPS) is 9.76. The lowest BCUT2D eigenvalue weighted by Crippen LogP contribution is -2.25. The number of nitriles is 1. The number of amides is 1. The highest BCUT2D eigenvalue weighted by Gasteiger charge is 2.12. The molecule has 1 aromatic heterocycles. The van der Waals surface area contributed by atoms with Crippen LogP contribution in [0.5, 0.6) is 0 Å². The van der Waals surface area contributed by atoms with E-state index >= 15 is 0 Å². The molecule has 7 heteroatoms. The number of nitrogens with one attached hydrogen (secondary N) is 2. The van der Waals surface area contributed by atoms with E-state index in [1.54, 1.807) is 36.5 Å². The quantitative estimate of drug-likeness (QED) is 0.580. The van der Waals surface area contributed by atoms with Crippen LogP contribution in [0.2, 0.25) is 0 Å². The maximum absolute atomic E-state index is 12.2. The lowest BCUT2D eigenvalue weighted by Gasteiger charge is -2.09. The van der Waals surface area contributed by atoms with Crippen LogP contribution in [0.4, 0.5) is 5.82 Å². The van der Waals surface area contributed by atoms with Crippen molar-refractivity contribution in [2.45, 2.75) is 6.54 Å². The van der Waals surface area contributed by atoms with Crippen molar-refractivity contribution in [2.24, 2.45) is 5.84 Å². The number of anilines is 1. The Balaban J connectivity index is 2.08.